The van der Waals surface area contributed by atoms with Crippen LogP contribution in [0.15, 0.2) is 30.3 Å². The van der Waals surface area contributed by atoms with E-state index in [1.807, 2.05) is 0 Å². The largest absolute Gasteiger partial charge is 0.449 e. The van der Waals surface area contributed by atoms with Gasteiger partial charge in [-0.3, -0.25) is 10.1 Å². The van der Waals surface area contributed by atoms with Gasteiger partial charge in [0.2, 0.25) is 0 Å². The number of benzene rings is 1. The summed E-state index contributed by atoms with van der Waals surface area (Å²) in [5, 5.41) is 2.63. The number of rotatable bonds is 5. The van der Waals surface area contributed by atoms with Gasteiger partial charge in [-0.1, -0.05) is 18.2 Å². The Labute approximate surface area is 126 Å². The van der Waals surface area contributed by atoms with E-state index in [-0.39, 0.29) is 24.6 Å². The van der Waals surface area contributed by atoms with Crippen LogP contribution in [0.4, 0.5) is 17.6 Å². The number of para-hydroxylation sites is 1. The van der Waals surface area contributed by atoms with Gasteiger partial charge in [-0.05, 0) is 25.0 Å². The molecule has 1 aromatic rings. The summed E-state index contributed by atoms with van der Waals surface area (Å²) in [6.45, 7) is 0.353. The van der Waals surface area contributed by atoms with Gasteiger partial charge in [0.25, 0.3) is 5.91 Å². The molecule has 1 N–H and O–H groups in total. The molecule has 0 saturated carbocycles. The fraction of sp³-hybridized carbons (Fsp3) is 0.538. The first-order valence-corrected chi connectivity index (χ1v) is 6.29. The fourth-order valence-corrected chi connectivity index (χ4v) is 1.99. The molecule has 0 amide bonds. The Balaban J connectivity index is 0.00000220. The van der Waals surface area contributed by atoms with Crippen molar-refractivity contribution in [2.24, 2.45) is 0 Å². The second-order valence-corrected chi connectivity index (χ2v) is 4.52. The Hall–Kier alpha value is -1.05. The number of hydrogen-bond donors (Lipinski definition) is 1. The van der Waals surface area contributed by atoms with Crippen molar-refractivity contribution < 1.29 is 27.0 Å². The molecule has 1 fully saturated rings. The summed E-state index contributed by atoms with van der Waals surface area (Å²) in [6, 6.07) is 8.11. The van der Waals surface area contributed by atoms with E-state index < -0.39 is 18.4 Å². The van der Waals surface area contributed by atoms with E-state index in [0.717, 1.165) is 6.42 Å². The first-order chi connectivity index (χ1) is 9.44. The van der Waals surface area contributed by atoms with E-state index in [0.29, 0.717) is 13.0 Å². The molecule has 3 nitrogen and oxygen atoms in total. The number of halogens is 5. The van der Waals surface area contributed by atoms with Crippen LogP contribution >= 0.6 is 12.4 Å². The summed E-state index contributed by atoms with van der Waals surface area (Å²) in [7, 11) is 0. The van der Waals surface area contributed by atoms with Gasteiger partial charge in [0.15, 0.2) is 0 Å². The maximum absolute atomic E-state index is 13.2. The van der Waals surface area contributed by atoms with Crippen molar-refractivity contribution in [2.45, 2.75) is 37.7 Å². The number of alkyl halides is 4. The van der Waals surface area contributed by atoms with Gasteiger partial charge in [-0.25, -0.2) is 8.78 Å². The maximum Gasteiger partial charge on any atom is 0.420 e. The molecule has 0 aliphatic carbocycles. The molecule has 1 heterocycles. The minimum Gasteiger partial charge on any atom is -0.449 e. The first kappa shape index (κ1) is 18.0. The standard InChI is InChI=1S/C13H15F4NO2.ClH/c14-11(15)13(16,17)20-12(8-4-5-9-18-12)19-10-6-2-1-3-7-10;/h1-3,6-7,11,18H,4-5,8-9H2;1H. The van der Waals surface area contributed by atoms with Gasteiger partial charge in [-0.2, -0.15) is 8.78 Å². The maximum atomic E-state index is 13.2. The van der Waals surface area contributed by atoms with Crippen molar-refractivity contribution in [3.63, 3.8) is 0 Å². The zero-order valence-electron chi connectivity index (χ0n) is 11.0. The van der Waals surface area contributed by atoms with Gasteiger partial charge in [0, 0.05) is 13.0 Å². The van der Waals surface area contributed by atoms with E-state index >= 15 is 0 Å². The summed E-state index contributed by atoms with van der Waals surface area (Å²) < 4.78 is 60.7. The minimum absolute atomic E-state index is 0. The van der Waals surface area contributed by atoms with Gasteiger partial charge < -0.3 is 4.74 Å². The SMILES string of the molecule is Cl.FC(F)C(F)(F)OC1(Oc2ccccc2)CCCCN1. The lowest BCUT2D eigenvalue weighted by Crippen LogP contribution is -2.59. The van der Waals surface area contributed by atoms with Gasteiger partial charge in [0.05, 0.1) is 0 Å². The predicted octanol–water partition coefficient (Wildman–Crippen LogP) is 3.79. The highest BCUT2D eigenvalue weighted by atomic mass is 35.5. The smallest absolute Gasteiger partial charge is 0.420 e. The number of hydrogen-bond acceptors (Lipinski definition) is 3. The van der Waals surface area contributed by atoms with E-state index in [2.05, 4.69) is 10.1 Å². The highest BCUT2D eigenvalue weighted by molar-refractivity contribution is 5.85. The molecule has 1 aromatic carbocycles. The Morgan fingerprint density at radius 1 is 1.14 bits per heavy atom. The summed E-state index contributed by atoms with van der Waals surface area (Å²) in [5.74, 6) is -1.66. The summed E-state index contributed by atoms with van der Waals surface area (Å²) in [6.07, 6.45) is -7.14. The summed E-state index contributed by atoms with van der Waals surface area (Å²) in [5.41, 5.74) is 0. The molecular formula is C13H16ClF4NO2. The average Bonchev–Trinajstić information content (AvgIpc) is 2.40. The van der Waals surface area contributed by atoms with Crippen LogP contribution in [-0.4, -0.2) is 25.0 Å². The zero-order valence-corrected chi connectivity index (χ0v) is 11.8. The van der Waals surface area contributed by atoms with Gasteiger partial charge >= 0.3 is 12.5 Å². The van der Waals surface area contributed by atoms with Crippen LogP contribution < -0.4 is 10.1 Å². The second-order valence-electron chi connectivity index (χ2n) is 4.52. The molecule has 1 saturated heterocycles. The van der Waals surface area contributed by atoms with Crippen molar-refractivity contribution in [1.29, 1.82) is 0 Å². The average molecular weight is 330 g/mol. The topological polar surface area (TPSA) is 30.5 Å². The predicted molar refractivity (Wildman–Crippen MR) is 70.9 cm³/mol. The van der Waals surface area contributed by atoms with Crippen molar-refractivity contribution in [1.82, 2.24) is 5.32 Å². The fourth-order valence-electron chi connectivity index (χ4n) is 1.99. The minimum atomic E-state index is -4.57. The van der Waals surface area contributed by atoms with Gasteiger partial charge in [0.1, 0.15) is 5.75 Å². The molecule has 21 heavy (non-hydrogen) atoms. The Bertz CT molecular complexity index is 427. The third-order valence-corrected chi connectivity index (χ3v) is 2.91. The first-order valence-electron chi connectivity index (χ1n) is 6.29. The van der Waals surface area contributed by atoms with Crippen LogP contribution in [0.25, 0.3) is 0 Å². The molecule has 1 atom stereocenters. The van der Waals surface area contributed by atoms with Crippen LogP contribution in [0.1, 0.15) is 19.3 Å². The van der Waals surface area contributed by atoms with Crippen LogP contribution in [0.3, 0.4) is 0 Å². The molecule has 0 radical (unpaired) electrons. The molecule has 0 spiro atoms. The Morgan fingerprint density at radius 2 is 1.81 bits per heavy atom. The third-order valence-electron chi connectivity index (χ3n) is 2.91. The highest BCUT2D eigenvalue weighted by Crippen LogP contribution is 2.34. The molecule has 8 heteroatoms. The molecule has 1 aliphatic rings. The zero-order chi connectivity index (χ0) is 14.6. The van der Waals surface area contributed by atoms with E-state index in [1.165, 1.54) is 0 Å². The monoisotopic (exact) mass is 329 g/mol. The summed E-state index contributed by atoms with van der Waals surface area (Å²) >= 11 is 0. The molecule has 2 rings (SSSR count). The van der Waals surface area contributed by atoms with Crippen molar-refractivity contribution in [2.75, 3.05) is 6.54 Å². The van der Waals surface area contributed by atoms with E-state index in [9.17, 15) is 17.6 Å². The lowest BCUT2D eigenvalue weighted by Gasteiger charge is -2.39. The lowest BCUT2D eigenvalue weighted by molar-refractivity contribution is -0.392. The number of nitrogens with one attached hydrogen (secondary N) is 1. The molecule has 1 aliphatic heterocycles. The number of piperidine rings is 1. The molecule has 1 unspecified atom stereocenters. The summed E-state index contributed by atoms with van der Waals surface area (Å²) in [4.78, 5) is 0. The highest BCUT2D eigenvalue weighted by Gasteiger charge is 2.51. The quantitative estimate of drug-likeness (QED) is 0.658. The lowest BCUT2D eigenvalue weighted by atomic mass is 10.1. The van der Waals surface area contributed by atoms with E-state index in [1.54, 1.807) is 30.3 Å². The van der Waals surface area contributed by atoms with Crippen molar-refractivity contribution >= 4 is 12.4 Å². The normalized spacial score (nSPS) is 22.7. The third kappa shape index (κ3) is 4.72. The molecular weight excluding hydrogens is 314 g/mol. The van der Waals surface area contributed by atoms with E-state index in [4.69, 9.17) is 4.74 Å². The van der Waals surface area contributed by atoms with Crippen LogP contribution in [0, 0.1) is 0 Å². The van der Waals surface area contributed by atoms with Crippen molar-refractivity contribution in [3.05, 3.63) is 30.3 Å². The number of ether oxygens (including phenoxy) is 2. The molecule has 0 aromatic heterocycles. The Morgan fingerprint density at radius 3 is 2.33 bits per heavy atom. The van der Waals surface area contributed by atoms with Crippen LogP contribution in [0.5, 0.6) is 5.75 Å². The second kappa shape index (κ2) is 7.29. The van der Waals surface area contributed by atoms with Gasteiger partial charge in [-0.15, -0.1) is 12.4 Å². The molecule has 0 bridgehead atoms. The van der Waals surface area contributed by atoms with Crippen molar-refractivity contribution in [3.8, 4) is 5.75 Å². The van der Waals surface area contributed by atoms with Crippen LogP contribution in [-0.2, 0) is 4.74 Å². The Kier molecular flexibility index (Phi) is 6.24. The van der Waals surface area contributed by atoms with Crippen LogP contribution in [0.2, 0.25) is 0 Å². The molecule has 120 valence electrons.